The van der Waals surface area contributed by atoms with Gasteiger partial charge in [-0.2, -0.15) is 0 Å². The lowest BCUT2D eigenvalue weighted by molar-refractivity contribution is 0.543. The minimum absolute atomic E-state index is 0.924. The maximum absolute atomic E-state index is 2.29. The van der Waals surface area contributed by atoms with Gasteiger partial charge >= 0.3 is 0 Å². The van der Waals surface area contributed by atoms with Crippen molar-refractivity contribution in [3.8, 4) is 0 Å². The monoisotopic (exact) mass is 190 g/mol. The van der Waals surface area contributed by atoms with Gasteiger partial charge in [-0.15, -0.1) is 0 Å². The molecule has 0 aromatic heterocycles. The summed E-state index contributed by atoms with van der Waals surface area (Å²) in [4.78, 5) is 0. The van der Waals surface area contributed by atoms with Gasteiger partial charge in [0.05, 0.1) is 0 Å². The molecule has 78 valence electrons. The standard InChI is InChI=1S/C11H14.C3H8/c1-2-9-7-10-5-3-4-6-11(10)8-9;1-3-2/h3-6,9H,2,7-8H2,1H3;3H2,1-2H3. The van der Waals surface area contributed by atoms with Gasteiger partial charge in [-0.1, -0.05) is 57.9 Å². The highest BCUT2D eigenvalue weighted by molar-refractivity contribution is 5.31. The molecule has 0 amide bonds. The van der Waals surface area contributed by atoms with E-state index in [0.29, 0.717) is 0 Å². The highest BCUT2D eigenvalue weighted by atomic mass is 14.2. The Bertz CT molecular complexity index is 237. The molecule has 0 N–H and O–H groups in total. The minimum atomic E-state index is 0.924. The van der Waals surface area contributed by atoms with E-state index in [9.17, 15) is 0 Å². The van der Waals surface area contributed by atoms with Crippen LogP contribution in [0.3, 0.4) is 0 Å². The maximum atomic E-state index is 2.29. The van der Waals surface area contributed by atoms with Crippen molar-refractivity contribution in [1.29, 1.82) is 0 Å². The summed E-state index contributed by atoms with van der Waals surface area (Å²) in [6, 6.07) is 8.84. The van der Waals surface area contributed by atoms with Crippen LogP contribution in [-0.4, -0.2) is 0 Å². The first-order valence-corrected chi connectivity index (χ1v) is 5.88. The Balaban J connectivity index is 0.000000293. The summed E-state index contributed by atoms with van der Waals surface area (Å²) in [5, 5.41) is 0. The molecular formula is C14H22. The molecule has 0 atom stereocenters. The van der Waals surface area contributed by atoms with Crippen LogP contribution in [0.5, 0.6) is 0 Å². The van der Waals surface area contributed by atoms with Crippen molar-refractivity contribution < 1.29 is 0 Å². The second kappa shape index (κ2) is 5.85. The summed E-state index contributed by atoms with van der Waals surface area (Å²) in [6.45, 7) is 6.54. The molecule has 0 saturated heterocycles. The number of hydrogen-bond acceptors (Lipinski definition) is 0. The van der Waals surface area contributed by atoms with E-state index < -0.39 is 0 Å². The van der Waals surface area contributed by atoms with E-state index in [1.54, 1.807) is 11.1 Å². The third-order valence-electron chi connectivity index (χ3n) is 2.71. The molecule has 0 fully saturated rings. The van der Waals surface area contributed by atoms with Crippen molar-refractivity contribution in [2.75, 3.05) is 0 Å². The molecule has 1 aromatic rings. The fourth-order valence-corrected chi connectivity index (χ4v) is 1.94. The fraction of sp³-hybridized carbons (Fsp3) is 0.571. The SMILES string of the molecule is CCC.CCC1Cc2ccccc2C1. The zero-order valence-electron chi connectivity index (χ0n) is 9.72. The van der Waals surface area contributed by atoms with E-state index >= 15 is 0 Å². The minimum Gasteiger partial charge on any atom is -0.0656 e. The Morgan fingerprint density at radius 1 is 1.00 bits per heavy atom. The van der Waals surface area contributed by atoms with Crippen molar-refractivity contribution in [1.82, 2.24) is 0 Å². The largest absolute Gasteiger partial charge is 0.0656 e. The van der Waals surface area contributed by atoms with E-state index in [1.165, 1.54) is 25.7 Å². The molecule has 1 aliphatic rings. The molecule has 0 aliphatic heterocycles. The van der Waals surface area contributed by atoms with Crippen LogP contribution in [0.1, 0.15) is 44.7 Å². The highest BCUT2D eigenvalue weighted by Gasteiger charge is 2.18. The van der Waals surface area contributed by atoms with E-state index in [1.807, 2.05) is 0 Å². The van der Waals surface area contributed by atoms with Crippen molar-refractivity contribution in [3.05, 3.63) is 35.4 Å². The fourth-order valence-electron chi connectivity index (χ4n) is 1.94. The lowest BCUT2D eigenvalue weighted by Gasteiger charge is -2.01. The predicted molar refractivity (Wildman–Crippen MR) is 63.6 cm³/mol. The molecule has 0 heteroatoms. The van der Waals surface area contributed by atoms with Crippen molar-refractivity contribution in [2.45, 2.75) is 46.5 Å². The first kappa shape index (κ1) is 11.3. The summed E-state index contributed by atoms with van der Waals surface area (Å²) >= 11 is 0. The lowest BCUT2D eigenvalue weighted by atomic mass is 10.0. The first-order valence-electron chi connectivity index (χ1n) is 5.88. The molecule has 1 aliphatic carbocycles. The number of hydrogen-bond donors (Lipinski definition) is 0. The Labute approximate surface area is 88.4 Å². The lowest BCUT2D eigenvalue weighted by Crippen LogP contribution is -1.95. The molecule has 2 rings (SSSR count). The van der Waals surface area contributed by atoms with E-state index in [-0.39, 0.29) is 0 Å². The summed E-state index contributed by atoms with van der Waals surface area (Å²) in [7, 11) is 0. The van der Waals surface area contributed by atoms with Crippen LogP contribution in [-0.2, 0) is 12.8 Å². The average Bonchev–Trinajstić information content (AvgIpc) is 2.61. The second-order valence-corrected chi connectivity index (χ2v) is 4.16. The van der Waals surface area contributed by atoms with Gasteiger partial charge in [0.15, 0.2) is 0 Å². The van der Waals surface area contributed by atoms with Crippen LogP contribution in [0.4, 0.5) is 0 Å². The molecule has 1 aromatic carbocycles. The molecule has 0 spiro atoms. The third kappa shape index (κ3) is 2.87. The van der Waals surface area contributed by atoms with Gasteiger partial charge in [-0.3, -0.25) is 0 Å². The van der Waals surface area contributed by atoms with Gasteiger partial charge in [-0.05, 0) is 29.9 Å². The molecule has 14 heavy (non-hydrogen) atoms. The van der Waals surface area contributed by atoms with Gasteiger partial charge in [0.1, 0.15) is 0 Å². The maximum Gasteiger partial charge on any atom is -0.0245 e. The number of fused-ring (bicyclic) bond motifs is 1. The van der Waals surface area contributed by atoms with Gasteiger partial charge in [0.25, 0.3) is 0 Å². The van der Waals surface area contributed by atoms with Crippen LogP contribution >= 0.6 is 0 Å². The van der Waals surface area contributed by atoms with Gasteiger partial charge in [0.2, 0.25) is 0 Å². The summed E-state index contributed by atoms with van der Waals surface area (Å²) in [5.41, 5.74) is 3.17. The molecule has 0 saturated carbocycles. The predicted octanol–water partition coefficient (Wildman–Crippen LogP) is 4.23. The van der Waals surface area contributed by atoms with Crippen LogP contribution in [0.25, 0.3) is 0 Å². The van der Waals surface area contributed by atoms with Gasteiger partial charge < -0.3 is 0 Å². The Morgan fingerprint density at radius 3 is 1.79 bits per heavy atom. The average molecular weight is 190 g/mol. The first-order chi connectivity index (χ1) is 6.81. The zero-order valence-corrected chi connectivity index (χ0v) is 9.72. The molecule has 0 nitrogen and oxygen atoms in total. The molecule has 0 heterocycles. The Morgan fingerprint density at radius 2 is 1.43 bits per heavy atom. The molecule has 0 radical (unpaired) electrons. The number of rotatable bonds is 1. The summed E-state index contributed by atoms with van der Waals surface area (Å²) < 4.78 is 0. The van der Waals surface area contributed by atoms with Crippen LogP contribution in [0.2, 0.25) is 0 Å². The second-order valence-electron chi connectivity index (χ2n) is 4.16. The highest BCUT2D eigenvalue weighted by Crippen LogP contribution is 2.27. The third-order valence-corrected chi connectivity index (χ3v) is 2.71. The van der Waals surface area contributed by atoms with Crippen molar-refractivity contribution in [2.24, 2.45) is 5.92 Å². The van der Waals surface area contributed by atoms with Gasteiger partial charge in [-0.25, -0.2) is 0 Å². The zero-order chi connectivity index (χ0) is 10.4. The summed E-state index contributed by atoms with van der Waals surface area (Å²) in [5.74, 6) is 0.924. The van der Waals surface area contributed by atoms with Gasteiger partial charge in [0, 0.05) is 0 Å². The molecular weight excluding hydrogens is 168 g/mol. The Kier molecular flexibility index (Phi) is 4.72. The van der Waals surface area contributed by atoms with Crippen LogP contribution < -0.4 is 0 Å². The number of benzene rings is 1. The Hall–Kier alpha value is -0.780. The van der Waals surface area contributed by atoms with E-state index in [2.05, 4.69) is 45.0 Å². The van der Waals surface area contributed by atoms with Crippen LogP contribution in [0, 0.1) is 5.92 Å². The smallest absolute Gasteiger partial charge is 0.0245 e. The van der Waals surface area contributed by atoms with E-state index in [4.69, 9.17) is 0 Å². The normalized spacial score (nSPS) is 14.5. The molecule has 0 unspecified atom stereocenters. The van der Waals surface area contributed by atoms with Crippen molar-refractivity contribution in [3.63, 3.8) is 0 Å². The quantitative estimate of drug-likeness (QED) is 0.621. The van der Waals surface area contributed by atoms with Crippen LogP contribution in [0.15, 0.2) is 24.3 Å². The van der Waals surface area contributed by atoms with E-state index in [0.717, 1.165) is 5.92 Å². The van der Waals surface area contributed by atoms with Crippen molar-refractivity contribution >= 4 is 0 Å². The topological polar surface area (TPSA) is 0 Å². The summed E-state index contributed by atoms with van der Waals surface area (Å²) in [6.07, 6.45) is 5.20. The molecule has 0 bridgehead atoms.